The van der Waals surface area contributed by atoms with Gasteiger partial charge < -0.3 is 20.1 Å². The van der Waals surface area contributed by atoms with Crippen molar-refractivity contribution in [1.29, 1.82) is 0 Å². The fourth-order valence-corrected chi connectivity index (χ4v) is 3.23. The van der Waals surface area contributed by atoms with Gasteiger partial charge in [-0.25, -0.2) is 4.79 Å². The van der Waals surface area contributed by atoms with Gasteiger partial charge in [0.25, 0.3) is 0 Å². The first-order valence-corrected chi connectivity index (χ1v) is 7.93. The number of carbonyl (C=O) groups excluding carboxylic acids is 1. The molecule has 0 saturated carbocycles. The lowest BCUT2D eigenvalue weighted by molar-refractivity contribution is -0.0877. The maximum Gasteiger partial charge on any atom is 0.319 e. The van der Waals surface area contributed by atoms with E-state index < -0.39 is 0 Å². The molecule has 0 aliphatic carbocycles. The number of hydrogen-bond acceptors (Lipinski definition) is 3. The molecule has 1 aromatic carbocycles. The van der Waals surface area contributed by atoms with E-state index in [0.717, 1.165) is 42.7 Å². The van der Waals surface area contributed by atoms with Crippen LogP contribution in [0.25, 0.3) is 0 Å². The number of nitrogens with one attached hydrogen (secondary N) is 2. The first kappa shape index (κ1) is 15.3. The molecule has 0 unspecified atom stereocenters. The van der Waals surface area contributed by atoms with E-state index in [4.69, 9.17) is 9.47 Å². The van der Waals surface area contributed by atoms with E-state index in [1.54, 1.807) is 0 Å². The highest BCUT2D eigenvalue weighted by atomic mass is 16.6. The predicted octanol–water partition coefficient (Wildman–Crippen LogP) is 2.76. The van der Waals surface area contributed by atoms with E-state index in [-0.39, 0.29) is 17.7 Å². The lowest BCUT2D eigenvalue weighted by Gasteiger charge is -2.37. The average Bonchev–Trinajstić information content (AvgIpc) is 2.90. The van der Waals surface area contributed by atoms with Crippen LogP contribution >= 0.6 is 0 Å². The molecule has 2 N–H and O–H groups in total. The number of anilines is 1. The van der Waals surface area contributed by atoms with Crippen molar-refractivity contribution in [3.63, 3.8) is 0 Å². The van der Waals surface area contributed by atoms with Crippen LogP contribution in [0.15, 0.2) is 18.2 Å². The second-order valence-electron chi connectivity index (χ2n) is 6.44. The highest BCUT2D eigenvalue weighted by Crippen LogP contribution is 2.32. The van der Waals surface area contributed by atoms with E-state index in [9.17, 15) is 4.79 Å². The maximum atomic E-state index is 12.3. The van der Waals surface area contributed by atoms with E-state index in [1.807, 2.05) is 32.0 Å². The van der Waals surface area contributed by atoms with Gasteiger partial charge in [-0.2, -0.15) is 0 Å². The van der Waals surface area contributed by atoms with Crippen LogP contribution in [0, 0.1) is 13.8 Å². The summed E-state index contributed by atoms with van der Waals surface area (Å²) in [7, 11) is 0. The second kappa shape index (κ2) is 6.26. The third-order valence-electron chi connectivity index (χ3n) is 4.54. The van der Waals surface area contributed by atoms with Crippen molar-refractivity contribution in [2.75, 3.05) is 25.1 Å². The SMILES string of the molecule is Cc1ccc(C)c(NC(=O)N[C@@H]2CCO[C@@]3(CCOC3)C2)c1. The van der Waals surface area contributed by atoms with E-state index in [2.05, 4.69) is 10.6 Å². The molecule has 120 valence electrons. The summed E-state index contributed by atoms with van der Waals surface area (Å²) >= 11 is 0. The van der Waals surface area contributed by atoms with Crippen molar-refractivity contribution in [2.24, 2.45) is 0 Å². The number of amides is 2. The van der Waals surface area contributed by atoms with Crippen LogP contribution < -0.4 is 10.6 Å². The molecule has 2 aliphatic heterocycles. The molecule has 22 heavy (non-hydrogen) atoms. The number of benzene rings is 1. The molecular weight excluding hydrogens is 280 g/mol. The summed E-state index contributed by atoms with van der Waals surface area (Å²) in [6.45, 7) is 6.09. The van der Waals surface area contributed by atoms with Crippen molar-refractivity contribution in [1.82, 2.24) is 5.32 Å². The lowest BCUT2D eigenvalue weighted by Crippen LogP contribution is -2.49. The Kier molecular flexibility index (Phi) is 4.36. The Morgan fingerprint density at radius 3 is 2.95 bits per heavy atom. The predicted molar refractivity (Wildman–Crippen MR) is 85.2 cm³/mol. The van der Waals surface area contributed by atoms with Crippen LogP contribution in [0.1, 0.15) is 30.4 Å². The molecule has 2 heterocycles. The fourth-order valence-electron chi connectivity index (χ4n) is 3.23. The number of urea groups is 1. The zero-order valence-electron chi connectivity index (χ0n) is 13.3. The summed E-state index contributed by atoms with van der Waals surface area (Å²) in [6, 6.07) is 6.05. The van der Waals surface area contributed by atoms with Crippen molar-refractivity contribution >= 4 is 11.7 Å². The van der Waals surface area contributed by atoms with E-state index in [0.29, 0.717) is 13.2 Å². The smallest absolute Gasteiger partial charge is 0.319 e. The molecule has 2 amide bonds. The molecule has 2 fully saturated rings. The molecule has 2 atom stereocenters. The van der Waals surface area contributed by atoms with Crippen LogP contribution in [-0.2, 0) is 9.47 Å². The van der Waals surface area contributed by atoms with Gasteiger partial charge in [-0.3, -0.25) is 0 Å². The maximum absolute atomic E-state index is 12.3. The zero-order valence-corrected chi connectivity index (χ0v) is 13.3. The van der Waals surface area contributed by atoms with Gasteiger partial charge in [-0.1, -0.05) is 12.1 Å². The van der Waals surface area contributed by atoms with Crippen LogP contribution in [0.5, 0.6) is 0 Å². The molecular formula is C17H24N2O3. The molecule has 0 radical (unpaired) electrons. The van der Waals surface area contributed by atoms with Crippen molar-refractivity contribution in [3.05, 3.63) is 29.3 Å². The van der Waals surface area contributed by atoms with Crippen LogP contribution in [0.3, 0.4) is 0 Å². The van der Waals surface area contributed by atoms with Gasteiger partial charge in [0.15, 0.2) is 0 Å². The minimum atomic E-state index is -0.185. The number of aryl methyl sites for hydroxylation is 2. The molecule has 1 spiro atoms. The topological polar surface area (TPSA) is 59.6 Å². The summed E-state index contributed by atoms with van der Waals surface area (Å²) in [6.07, 6.45) is 2.60. The first-order valence-electron chi connectivity index (χ1n) is 7.93. The van der Waals surface area contributed by atoms with Gasteiger partial charge in [-0.15, -0.1) is 0 Å². The second-order valence-corrected chi connectivity index (χ2v) is 6.44. The van der Waals surface area contributed by atoms with Gasteiger partial charge in [0.1, 0.15) is 0 Å². The Hall–Kier alpha value is -1.59. The minimum absolute atomic E-state index is 0.139. The van der Waals surface area contributed by atoms with Crippen molar-refractivity contribution in [3.8, 4) is 0 Å². The molecule has 0 aromatic heterocycles. The standard InChI is InChI=1S/C17H24N2O3/c1-12-3-4-13(2)15(9-12)19-16(20)18-14-5-7-22-17(10-14)6-8-21-11-17/h3-4,9,14H,5-8,10-11H2,1-2H3,(H2,18,19,20)/t14-,17+/m1/s1. The quantitative estimate of drug-likeness (QED) is 0.883. The van der Waals surface area contributed by atoms with Gasteiger partial charge in [0.2, 0.25) is 0 Å². The number of hydrogen-bond donors (Lipinski definition) is 2. The zero-order chi connectivity index (χ0) is 15.6. The van der Waals surface area contributed by atoms with E-state index in [1.165, 1.54) is 0 Å². The summed E-state index contributed by atoms with van der Waals surface area (Å²) in [4.78, 5) is 12.3. The molecule has 0 bridgehead atoms. The molecule has 5 nitrogen and oxygen atoms in total. The van der Waals surface area contributed by atoms with Crippen LogP contribution in [0.2, 0.25) is 0 Å². The highest BCUT2D eigenvalue weighted by Gasteiger charge is 2.41. The number of ether oxygens (including phenoxy) is 2. The normalized spacial score (nSPS) is 27.8. The van der Waals surface area contributed by atoms with Crippen LogP contribution in [-0.4, -0.2) is 37.5 Å². The van der Waals surface area contributed by atoms with Crippen LogP contribution in [0.4, 0.5) is 10.5 Å². The van der Waals surface area contributed by atoms with Crippen molar-refractivity contribution < 1.29 is 14.3 Å². The Morgan fingerprint density at radius 2 is 2.18 bits per heavy atom. The Labute approximate surface area is 131 Å². The Balaban J connectivity index is 1.58. The molecule has 2 saturated heterocycles. The Morgan fingerprint density at radius 1 is 1.32 bits per heavy atom. The molecule has 5 heteroatoms. The summed E-state index contributed by atoms with van der Waals surface area (Å²) in [5.41, 5.74) is 2.88. The third-order valence-corrected chi connectivity index (χ3v) is 4.54. The monoisotopic (exact) mass is 304 g/mol. The van der Waals surface area contributed by atoms with Crippen molar-refractivity contribution in [2.45, 2.75) is 44.8 Å². The highest BCUT2D eigenvalue weighted by molar-refractivity contribution is 5.90. The molecule has 2 aliphatic rings. The van der Waals surface area contributed by atoms with E-state index >= 15 is 0 Å². The minimum Gasteiger partial charge on any atom is -0.378 e. The number of rotatable bonds is 2. The lowest BCUT2D eigenvalue weighted by atomic mass is 9.90. The average molecular weight is 304 g/mol. The third kappa shape index (κ3) is 3.42. The first-order chi connectivity index (χ1) is 10.6. The largest absolute Gasteiger partial charge is 0.378 e. The number of carbonyl (C=O) groups is 1. The van der Waals surface area contributed by atoms with Gasteiger partial charge in [-0.05, 0) is 43.9 Å². The van der Waals surface area contributed by atoms with Gasteiger partial charge in [0.05, 0.1) is 12.2 Å². The fraction of sp³-hybridized carbons (Fsp3) is 0.588. The van der Waals surface area contributed by atoms with Gasteiger partial charge >= 0.3 is 6.03 Å². The summed E-state index contributed by atoms with van der Waals surface area (Å²) < 4.78 is 11.4. The summed E-state index contributed by atoms with van der Waals surface area (Å²) in [5.74, 6) is 0. The Bertz CT molecular complexity index is 553. The van der Waals surface area contributed by atoms with Gasteiger partial charge in [0, 0.05) is 31.4 Å². The molecule has 1 aromatic rings. The molecule has 3 rings (SSSR count). The summed E-state index contributed by atoms with van der Waals surface area (Å²) in [5, 5.41) is 6.03.